The molecule has 1 atom stereocenters. The van der Waals surface area contributed by atoms with E-state index in [1.807, 2.05) is 0 Å². The van der Waals surface area contributed by atoms with Crippen LogP contribution in [0.3, 0.4) is 0 Å². The summed E-state index contributed by atoms with van der Waals surface area (Å²) in [6, 6.07) is 6.79. The van der Waals surface area contributed by atoms with E-state index in [9.17, 15) is 13.8 Å². The summed E-state index contributed by atoms with van der Waals surface area (Å²) in [5.74, 6) is -0.445. The molecule has 1 unspecified atom stereocenters. The second kappa shape index (κ2) is 8.43. The number of fused-ring (bicyclic) bond motifs is 1. The lowest BCUT2D eigenvalue weighted by Crippen LogP contribution is -2.32. The van der Waals surface area contributed by atoms with Crippen LogP contribution in [0.1, 0.15) is 34.3 Å². The lowest BCUT2D eigenvalue weighted by atomic mass is 9.90. The number of carbonyl (C=O) groups excluding carboxylic acids is 1. The second-order valence-electron chi connectivity index (χ2n) is 6.66. The summed E-state index contributed by atoms with van der Waals surface area (Å²) >= 11 is 0. The highest BCUT2D eigenvalue weighted by atomic mass is 32.2. The van der Waals surface area contributed by atoms with Crippen LogP contribution in [0.25, 0.3) is 0 Å². The Hall–Kier alpha value is -2.87. The van der Waals surface area contributed by atoms with E-state index in [4.69, 9.17) is 4.78 Å². The van der Waals surface area contributed by atoms with Crippen molar-refractivity contribution in [2.45, 2.75) is 30.6 Å². The van der Waals surface area contributed by atoms with Gasteiger partial charge in [-0.1, -0.05) is 6.08 Å². The minimum atomic E-state index is -3.10. The quantitative estimate of drug-likeness (QED) is 0.597. The molecule has 0 radical (unpaired) electrons. The second-order valence-corrected chi connectivity index (χ2v) is 8.61. The van der Waals surface area contributed by atoms with Gasteiger partial charge in [-0.15, -0.1) is 0 Å². The van der Waals surface area contributed by atoms with Crippen LogP contribution in [0.2, 0.25) is 0 Å². The molecule has 4 N–H and O–H groups in total. The maximum absolute atomic E-state index is 12.5. The standard InChI is InChI=1S/C20H24N4O3S/c1-22-15-7-9-16(10-8-15)28(21,27)12-4-11-23-19(25)18-17-6-3-2-5-14(17)13-24-20(18)26/h4,7-10,12-13,21-22H,2-3,5-6,11H2,1H3,(H,23,25)(H,24,26)/b12-4+. The highest BCUT2D eigenvalue weighted by Gasteiger charge is 2.20. The van der Waals surface area contributed by atoms with Crippen molar-refractivity contribution < 1.29 is 9.00 Å². The molecule has 0 saturated heterocycles. The topological polar surface area (TPSA) is 115 Å². The van der Waals surface area contributed by atoms with Gasteiger partial charge in [0.25, 0.3) is 11.5 Å². The average Bonchev–Trinajstić information content (AvgIpc) is 2.71. The van der Waals surface area contributed by atoms with Crippen molar-refractivity contribution in [2.75, 3.05) is 18.9 Å². The van der Waals surface area contributed by atoms with Gasteiger partial charge < -0.3 is 15.6 Å². The maximum Gasteiger partial charge on any atom is 0.261 e. The van der Waals surface area contributed by atoms with Gasteiger partial charge in [0.1, 0.15) is 5.56 Å². The first-order valence-corrected chi connectivity index (χ1v) is 10.8. The normalized spacial score (nSPS) is 15.6. The fraction of sp³-hybridized carbons (Fsp3) is 0.300. The fourth-order valence-electron chi connectivity index (χ4n) is 3.30. The van der Waals surface area contributed by atoms with Crippen LogP contribution in [-0.4, -0.2) is 28.7 Å². The van der Waals surface area contributed by atoms with Crippen molar-refractivity contribution in [1.29, 1.82) is 4.78 Å². The third-order valence-corrected chi connectivity index (χ3v) is 6.35. The van der Waals surface area contributed by atoms with Gasteiger partial charge in [-0.3, -0.25) is 9.59 Å². The highest BCUT2D eigenvalue weighted by Crippen LogP contribution is 2.21. The number of aryl methyl sites for hydroxylation is 1. The van der Waals surface area contributed by atoms with E-state index in [0.717, 1.165) is 42.5 Å². The number of aromatic nitrogens is 1. The van der Waals surface area contributed by atoms with Crippen molar-refractivity contribution in [1.82, 2.24) is 10.3 Å². The van der Waals surface area contributed by atoms with Gasteiger partial charge in [0.2, 0.25) is 0 Å². The molecular weight excluding hydrogens is 376 g/mol. The molecule has 28 heavy (non-hydrogen) atoms. The van der Waals surface area contributed by atoms with Gasteiger partial charge in [-0.25, -0.2) is 8.99 Å². The lowest BCUT2D eigenvalue weighted by molar-refractivity contribution is 0.0955. The Morgan fingerprint density at radius 3 is 2.68 bits per heavy atom. The fourth-order valence-corrected chi connectivity index (χ4v) is 4.37. The molecule has 7 nitrogen and oxygen atoms in total. The number of H-pyrrole nitrogens is 1. The third kappa shape index (κ3) is 4.33. The zero-order chi connectivity index (χ0) is 20.1. The van der Waals surface area contributed by atoms with Crippen LogP contribution in [0.4, 0.5) is 5.69 Å². The SMILES string of the molecule is CNc1ccc(S(=N)(=O)/C=C/CNC(=O)c2c3c(c[nH]c2=O)CCCC3)cc1. The summed E-state index contributed by atoms with van der Waals surface area (Å²) in [6.45, 7) is 0.0897. The van der Waals surface area contributed by atoms with Crippen molar-refractivity contribution in [2.24, 2.45) is 0 Å². The van der Waals surface area contributed by atoms with Crippen LogP contribution >= 0.6 is 0 Å². The zero-order valence-corrected chi connectivity index (χ0v) is 16.5. The number of hydrogen-bond acceptors (Lipinski definition) is 5. The molecule has 1 aromatic carbocycles. The van der Waals surface area contributed by atoms with E-state index in [1.165, 1.54) is 11.5 Å². The summed E-state index contributed by atoms with van der Waals surface area (Å²) in [7, 11) is -1.32. The smallest absolute Gasteiger partial charge is 0.261 e. The first kappa shape index (κ1) is 19.9. The number of benzene rings is 1. The number of hydrogen-bond donors (Lipinski definition) is 4. The Morgan fingerprint density at radius 2 is 1.96 bits per heavy atom. The molecule has 0 spiro atoms. The van der Waals surface area contributed by atoms with Crippen LogP contribution in [0, 0.1) is 4.78 Å². The molecule has 1 heterocycles. The largest absolute Gasteiger partial charge is 0.388 e. The van der Waals surface area contributed by atoms with E-state index in [0.29, 0.717) is 4.90 Å². The number of nitrogens with one attached hydrogen (secondary N) is 4. The minimum Gasteiger partial charge on any atom is -0.388 e. The Balaban J connectivity index is 1.68. The predicted molar refractivity (Wildman–Crippen MR) is 110 cm³/mol. The third-order valence-electron chi connectivity index (χ3n) is 4.81. The molecule has 148 valence electrons. The van der Waals surface area contributed by atoms with Crippen molar-refractivity contribution in [3.05, 3.63) is 69.0 Å². The van der Waals surface area contributed by atoms with Gasteiger partial charge in [-0.05, 0) is 61.1 Å². The number of aromatic amines is 1. The van der Waals surface area contributed by atoms with E-state index in [2.05, 4.69) is 15.6 Å². The minimum absolute atomic E-state index is 0.0897. The van der Waals surface area contributed by atoms with Crippen molar-refractivity contribution in [3.63, 3.8) is 0 Å². The van der Waals surface area contributed by atoms with E-state index in [1.54, 1.807) is 37.5 Å². The molecule has 3 rings (SSSR count). The molecule has 0 saturated carbocycles. The van der Waals surface area contributed by atoms with Gasteiger partial charge in [0.05, 0.1) is 14.6 Å². The first-order chi connectivity index (χ1) is 13.4. The number of amides is 1. The molecule has 0 fully saturated rings. The molecule has 1 aliphatic carbocycles. The summed E-state index contributed by atoms with van der Waals surface area (Å²) in [6.07, 6.45) is 6.78. The van der Waals surface area contributed by atoms with E-state index >= 15 is 0 Å². The maximum atomic E-state index is 12.5. The van der Waals surface area contributed by atoms with Crippen LogP contribution in [0.5, 0.6) is 0 Å². The number of anilines is 1. The monoisotopic (exact) mass is 400 g/mol. The molecule has 1 aromatic heterocycles. The number of pyridine rings is 1. The number of carbonyl (C=O) groups is 1. The van der Waals surface area contributed by atoms with Crippen LogP contribution in [0.15, 0.2) is 51.6 Å². The molecule has 2 aromatic rings. The van der Waals surface area contributed by atoms with Crippen molar-refractivity contribution >= 4 is 21.3 Å². The van der Waals surface area contributed by atoms with Crippen LogP contribution < -0.4 is 16.2 Å². The van der Waals surface area contributed by atoms with Gasteiger partial charge >= 0.3 is 0 Å². The summed E-state index contributed by atoms with van der Waals surface area (Å²) < 4.78 is 20.6. The van der Waals surface area contributed by atoms with E-state index < -0.39 is 21.2 Å². The summed E-state index contributed by atoms with van der Waals surface area (Å²) in [5.41, 5.74) is 2.48. The Bertz CT molecular complexity index is 1050. The molecule has 0 bridgehead atoms. The Kier molecular flexibility index (Phi) is 5.99. The highest BCUT2D eigenvalue weighted by molar-refractivity contribution is 7.95. The summed E-state index contributed by atoms with van der Waals surface area (Å²) in [5, 5.41) is 6.92. The summed E-state index contributed by atoms with van der Waals surface area (Å²) in [4.78, 5) is 27.7. The van der Waals surface area contributed by atoms with E-state index in [-0.39, 0.29) is 12.1 Å². The molecule has 8 heteroatoms. The molecule has 1 amide bonds. The average molecular weight is 401 g/mol. The van der Waals surface area contributed by atoms with Crippen LogP contribution in [-0.2, 0) is 22.6 Å². The number of rotatable bonds is 6. The Labute approximate surface area is 164 Å². The Morgan fingerprint density at radius 1 is 1.25 bits per heavy atom. The van der Waals surface area contributed by atoms with Gasteiger partial charge in [0, 0.05) is 30.9 Å². The lowest BCUT2D eigenvalue weighted by Gasteiger charge is -2.17. The predicted octanol–water partition coefficient (Wildman–Crippen LogP) is 2.64. The molecule has 1 aliphatic rings. The van der Waals surface area contributed by atoms with Crippen molar-refractivity contribution in [3.8, 4) is 0 Å². The van der Waals surface area contributed by atoms with Gasteiger partial charge in [-0.2, -0.15) is 0 Å². The molecular formula is C20H24N4O3S. The zero-order valence-electron chi connectivity index (χ0n) is 15.7. The van der Waals surface area contributed by atoms with Gasteiger partial charge in [0.15, 0.2) is 0 Å². The molecule has 0 aliphatic heterocycles. The first-order valence-electron chi connectivity index (χ1n) is 9.17.